The van der Waals surface area contributed by atoms with Crippen LogP contribution >= 0.6 is 11.6 Å². The third-order valence-corrected chi connectivity index (χ3v) is 5.51. The van der Waals surface area contributed by atoms with Gasteiger partial charge in [-0.05, 0) is 43.2 Å². The van der Waals surface area contributed by atoms with E-state index < -0.39 is 24.3 Å². The summed E-state index contributed by atoms with van der Waals surface area (Å²) in [7, 11) is 0. The second kappa shape index (κ2) is 10.1. The van der Waals surface area contributed by atoms with Crippen molar-refractivity contribution in [1.29, 1.82) is 0 Å². The molecule has 0 spiro atoms. The molecule has 35 heavy (non-hydrogen) atoms. The quantitative estimate of drug-likeness (QED) is 0.314. The normalized spacial score (nSPS) is 12.9. The van der Waals surface area contributed by atoms with Crippen molar-refractivity contribution in [2.24, 2.45) is 5.73 Å². The van der Waals surface area contributed by atoms with Crippen LogP contribution in [0.3, 0.4) is 0 Å². The first-order valence-electron chi connectivity index (χ1n) is 10.7. The number of hydrogen-bond acceptors (Lipinski definition) is 7. The molecule has 0 saturated heterocycles. The number of rotatable bonds is 9. The van der Waals surface area contributed by atoms with E-state index >= 15 is 0 Å². The molecule has 13 heteroatoms. The molecule has 182 valence electrons. The number of aliphatic hydroxyl groups excluding tert-OH is 1. The molecular formula is C22H22ClN7O5. The highest BCUT2D eigenvalue weighted by atomic mass is 35.5. The van der Waals surface area contributed by atoms with Gasteiger partial charge >= 0.3 is 0 Å². The van der Waals surface area contributed by atoms with E-state index in [0.717, 1.165) is 12.8 Å². The zero-order chi connectivity index (χ0) is 25.1. The van der Waals surface area contributed by atoms with Gasteiger partial charge in [-0.2, -0.15) is 5.10 Å². The molecule has 0 unspecified atom stereocenters. The van der Waals surface area contributed by atoms with Crippen LogP contribution in [0, 0.1) is 0 Å². The number of primary amides is 1. The van der Waals surface area contributed by atoms with Crippen LogP contribution in [0.1, 0.15) is 23.3 Å². The van der Waals surface area contributed by atoms with Crippen molar-refractivity contribution in [3.05, 3.63) is 47.2 Å². The Morgan fingerprint density at radius 2 is 1.91 bits per heavy atom. The molecule has 2 heterocycles. The molecule has 3 aromatic rings. The number of carbonyl (C=O) groups is 4. The molecule has 1 aliphatic carbocycles. The Bertz CT molecular complexity index is 1320. The molecule has 1 saturated carbocycles. The highest BCUT2D eigenvalue weighted by molar-refractivity contribution is 6.29. The van der Waals surface area contributed by atoms with Crippen LogP contribution in [0.15, 0.2) is 36.4 Å². The molecule has 0 atom stereocenters. The van der Waals surface area contributed by atoms with E-state index in [0.29, 0.717) is 16.6 Å². The Hall–Kier alpha value is -4.03. The Kier molecular flexibility index (Phi) is 6.94. The minimum Gasteiger partial charge on any atom is -0.387 e. The van der Waals surface area contributed by atoms with Crippen LogP contribution < -0.4 is 16.4 Å². The van der Waals surface area contributed by atoms with Gasteiger partial charge < -0.3 is 26.4 Å². The first kappa shape index (κ1) is 24.1. The maximum Gasteiger partial charge on any atom is 0.269 e. The van der Waals surface area contributed by atoms with E-state index in [-0.39, 0.29) is 41.7 Å². The number of aromatic nitrogens is 3. The number of hydrogen-bond donors (Lipinski definition) is 4. The van der Waals surface area contributed by atoms with Crippen molar-refractivity contribution in [1.82, 2.24) is 19.7 Å². The number of nitrogens with one attached hydrogen (secondary N) is 2. The number of benzene rings is 1. The van der Waals surface area contributed by atoms with Gasteiger partial charge in [-0.15, -0.1) is 0 Å². The van der Waals surface area contributed by atoms with Crippen molar-refractivity contribution >= 4 is 57.6 Å². The van der Waals surface area contributed by atoms with Gasteiger partial charge in [0.2, 0.25) is 17.7 Å². The van der Waals surface area contributed by atoms with E-state index in [1.807, 2.05) is 0 Å². The largest absolute Gasteiger partial charge is 0.387 e. The SMILES string of the molecule is NC(=O)c1nn(CC(=O)N(CC(=O)Nc2cccc(Cl)n2)C2CC2)c2ccc(NC(=O)CO)cc12. The highest BCUT2D eigenvalue weighted by Crippen LogP contribution is 2.28. The van der Waals surface area contributed by atoms with Gasteiger partial charge in [0.15, 0.2) is 5.69 Å². The number of pyridine rings is 1. The van der Waals surface area contributed by atoms with Crippen LogP contribution in [0.5, 0.6) is 0 Å². The molecule has 0 aliphatic heterocycles. The first-order valence-corrected chi connectivity index (χ1v) is 11.1. The van der Waals surface area contributed by atoms with Crippen molar-refractivity contribution in [2.45, 2.75) is 25.4 Å². The van der Waals surface area contributed by atoms with E-state index in [1.54, 1.807) is 30.3 Å². The Morgan fingerprint density at radius 1 is 1.14 bits per heavy atom. The van der Waals surface area contributed by atoms with Gasteiger partial charge in [0.1, 0.15) is 30.7 Å². The highest BCUT2D eigenvalue weighted by Gasteiger charge is 2.34. The van der Waals surface area contributed by atoms with E-state index in [9.17, 15) is 19.2 Å². The molecular weight excluding hydrogens is 478 g/mol. The summed E-state index contributed by atoms with van der Waals surface area (Å²) < 4.78 is 1.33. The monoisotopic (exact) mass is 499 g/mol. The van der Waals surface area contributed by atoms with E-state index in [4.69, 9.17) is 22.4 Å². The molecule has 5 N–H and O–H groups in total. The lowest BCUT2D eigenvalue weighted by Gasteiger charge is -2.22. The average Bonchev–Trinajstić information content (AvgIpc) is 3.59. The predicted molar refractivity (Wildman–Crippen MR) is 127 cm³/mol. The van der Waals surface area contributed by atoms with Gasteiger partial charge in [-0.3, -0.25) is 23.9 Å². The molecule has 1 aromatic carbocycles. The van der Waals surface area contributed by atoms with Crippen LogP contribution in [-0.4, -0.2) is 67.6 Å². The predicted octanol–water partition coefficient (Wildman–Crippen LogP) is 0.744. The average molecular weight is 500 g/mol. The lowest BCUT2D eigenvalue weighted by atomic mass is 10.2. The topological polar surface area (TPSA) is 173 Å². The van der Waals surface area contributed by atoms with Crippen LogP contribution in [0.2, 0.25) is 5.15 Å². The molecule has 2 aromatic heterocycles. The summed E-state index contributed by atoms with van der Waals surface area (Å²) in [6.07, 6.45) is 1.55. The Morgan fingerprint density at radius 3 is 2.57 bits per heavy atom. The third-order valence-electron chi connectivity index (χ3n) is 5.30. The zero-order valence-corrected chi connectivity index (χ0v) is 19.2. The first-order chi connectivity index (χ1) is 16.7. The molecule has 4 rings (SSSR count). The molecule has 12 nitrogen and oxygen atoms in total. The van der Waals surface area contributed by atoms with Crippen molar-refractivity contribution in [2.75, 3.05) is 23.8 Å². The number of halogens is 1. The second-order valence-corrected chi connectivity index (χ2v) is 8.34. The number of nitrogens with zero attached hydrogens (tertiary/aromatic N) is 4. The lowest BCUT2D eigenvalue weighted by molar-refractivity contribution is -0.135. The molecule has 0 bridgehead atoms. The summed E-state index contributed by atoms with van der Waals surface area (Å²) in [5.74, 6) is -1.94. The minimum absolute atomic E-state index is 0.0710. The minimum atomic E-state index is -0.806. The summed E-state index contributed by atoms with van der Waals surface area (Å²) >= 11 is 5.85. The van der Waals surface area contributed by atoms with Gasteiger partial charge in [0.25, 0.3) is 5.91 Å². The van der Waals surface area contributed by atoms with Gasteiger partial charge in [0.05, 0.1) is 5.52 Å². The lowest BCUT2D eigenvalue weighted by Crippen LogP contribution is -2.41. The Labute approximate surface area is 204 Å². The molecule has 4 amide bonds. The second-order valence-electron chi connectivity index (χ2n) is 7.96. The summed E-state index contributed by atoms with van der Waals surface area (Å²) in [4.78, 5) is 54.6. The standard InChI is InChI=1S/C22H22ClN7O5/c23-16-2-1-3-17(26-16)27-18(32)9-29(13-5-6-13)20(34)10-30-15-7-4-12(25-19(33)11-31)8-14(15)21(28-30)22(24)35/h1-4,7-8,13,31H,5-6,9-11H2,(H2,24,35)(H,25,33)(H,26,27,32). The van der Waals surface area contributed by atoms with Crippen LogP contribution in [-0.2, 0) is 20.9 Å². The fraction of sp³-hybridized carbons (Fsp3) is 0.273. The van der Waals surface area contributed by atoms with Gasteiger partial charge in [-0.1, -0.05) is 17.7 Å². The number of aliphatic hydroxyl groups is 1. The number of fused-ring (bicyclic) bond motifs is 1. The van der Waals surface area contributed by atoms with Gasteiger partial charge in [-0.25, -0.2) is 4.98 Å². The molecule has 0 radical (unpaired) electrons. The number of amides is 4. The number of nitrogens with two attached hydrogens (primary N) is 1. The zero-order valence-electron chi connectivity index (χ0n) is 18.4. The van der Waals surface area contributed by atoms with Crippen molar-refractivity contribution < 1.29 is 24.3 Å². The van der Waals surface area contributed by atoms with E-state index in [2.05, 4.69) is 20.7 Å². The van der Waals surface area contributed by atoms with Crippen LogP contribution in [0.25, 0.3) is 10.9 Å². The number of carbonyl (C=O) groups excluding carboxylic acids is 4. The number of anilines is 2. The third kappa shape index (κ3) is 5.73. The molecule has 1 aliphatic rings. The maximum atomic E-state index is 13.2. The smallest absolute Gasteiger partial charge is 0.269 e. The Balaban J connectivity index is 1.53. The maximum absolute atomic E-state index is 13.2. The van der Waals surface area contributed by atoms with Crippen molar-refractivity contribution in [3.63, 3.8) is 0 Å². The van der Waals surface area contributed by atoms with E-state index in [1.165, 1.54) is 15.6 Å². The van der Waals surface area contributed by atoms with Crippen LogP contribution in [0.4, 0.5) is 11.5 Å². The fourth-order valence-corrected chi connectivity index (χ4v) is 3.76. The summed E-state index contributed by atoms with van der Waals surface area (Å²) in [6.45, 7) is -1.12. The van der Waals surface area contributed by atoms with Crippen molar-refractivity contribution in [3.8, 4) is 0 Å². The summed E-state index contributed by atoms with van der Waals surface area (Å²) in [5, 5.41) is 18.8. The molecule has 1 fully saturated rings. The summed E-state index contributed by atoms with van der Waals surface area (Å²) in [6, 6.07) is 9.36. The summed E-state index contributed by atoms with van der Waals surface area (Å²) in [5.41, 5.74) is 6.16. The fourth-order valence-electron chi connectivity index (χ4n) is 3.60. The van der Waals surface area contributed by atoms with Gasteiger partial charge in [0, 0.05) is 17.1 Å².